The summed E-state index contributed by atoms with van der Waals surface area (Å²) in [6.45, 7) is 6.40. The van der Waals surface area contributed by atoms with Crippen molar-refractivity contribution >= 4 is 11.6 Å². The third-order valence-electron chi connectivity index (χ3n) is 3.04. The molecule has 0 radical (unpaired) electrons. The summed E-state index contributed by atoms with van der Waals surface area (Å²) in [6.07, 6.45) is -0.508. The highest BCUT2D eigenvalue weighted by Crippen LogP contribution is 2.11. The molecule has 1 unspecified atom stereocenters. The molecule has 5 nitrogen and oxygen atoms in total. The van der Waals surface area contributed by atoms with E-state index in [4.69, 9.17) is 9.47 Å². The van der Waals surface area contributed by atoms with Crippen LogP contribution in [-0.2, 0) is 20.8 Å². The van der Waals surface area contributed by atoms with Crippen LogP contribution in [0, 0.1) is 0 Å². The van der Waals surface area contributed by atoms with E-state index in [0.717, 1.165) is 12.2 Å². The average Bonchev–Trinajstić information content (AvgIpc) is 2.47. The molecule has 1 aromatic carbocycles. The fourth-order valence-corrected chi connectivity index (χ4v) is 1.89. The normalized spacial score (nSPS) is 19.1. The van der Waals surface area contributed by atoms with Gasteiger partial charge in [-0.05, 0) is 17.7 Å². The fraction of sp³-hybridized carbons (Fsp3) is 0.533. The predicted octanol–water partition coefficient (Wildman–Crippen LogP) is 1.54. The first-order valence-corrected chi connectivity index (χ1v) is 6.97. The van der Waals surface area contributed by atoms with Gasteiger partial charge in [-0.1, -0.05) is 26.0 Å². The Kier molecular flexibility index (Phi) is 5.52. The summed E-state index contributed by atoms with van der Waals surface area (Å²) in [6, 6.07) is 8.27. The minimum Gasteiger partial charge on any atom is -0.376 e. The van der Waals surface area contributed by atoms with Crippen LogP contribution in [0.5, 0.6) is 0 Å². The van der Waals surface area contributed by atoms with Crippen LogP contribution >= 0.6 is 0 Å². The molecule has 0 aliphatic carbocycles. The minimum absolute atomic E-state index is 0.155. The number of rotatable bonds is 5. The summed E-state index contributed by atoms with van der Waals surface area (Å²) in [4.78, 5) is 11.9. The largest absolute Gasteiger partial charge is 0.376 e. The number of anilines is 1. The molecule has 1 amide bonds. The van der Waals surface area contributed by atoms with Crippen LogP contribution in [0.4, 0.5) is 5.69 Å². The van der Waals surface area contributed by atoms with E-state index in [2.05, 4.69) is 24.5 Å². The first-order chi connectivity index (χ1) is 9.65. The second kappa shape index (κ2) is 7.38. The number of hydrogen-bond donors (Lipinski definition) is 2. The van der Waals surface area contributed by atoms with E-state index in [1.54, 1.807) is 0 Å². The highest BCUT2D eigenvalue weighted by molar-refractivity contribution is 5.94. The molecule has 1 atom stereocenters. The lowest BCUT2D eigenvalue weighted by atomic mass is 10.2. The zero-order valence-corrected chi connectivity index (χ0v) is 12.0. The van der Waals surface area contributed by atoms with E-state index < -0.39 is 6.10 Å². The van der Waals surface area contributed by atoms with Gasteiger partial charge in [0.2, 0.25) is 0 Å². The average molecular weight is 278 g/mol. The molecule has 1 aromatic rings. The van der Waals surface area contributed by atoms with Gasteiger partial charge in [0.25, 0.3) is 5.91 Å². The lowest BCUT2D eigenvalue weighted by Crippen LogP contribution is -2.39. The molecule has 1 aliphatic rings. The van der Waals surface area contributed by atoms with E-state index in [1.807, 2.05) is 24.3 Å². The summed E-state index contributed by atoms with van der Waals surface area (Å²) in [5.74, 6) is -0.155. The Bertz CT molecular complexity index is 425. The third-order valence-corrected chi connectivity index (χ3v) is 3.04. The highest BCUT2D eigenvalue weighted by Gasteiger charge is 2.22. The van der Waals surface area contributed by atoms with Crippen molar-refractivity contribution in [2.45, 2.75) is 32.5 Å². The number of ether oxygens (including phenoxy) is 2. The molecular weight excluding hydrogens is 256 g/mol. The van der Waals surface area contributed by atoms with Gasteiger partial charge in [0.05, 0.1) is 19.8 Å². The number of amides is 1. The molecule has 2 N–H and O–H groups in total. The summed E-state index contributed by atoms with van der Waals surface area (Å²) in [5.41, 5.74) is 1.96. The van der Waals surface area contributed by atoms with Crippen molar-refractivity contribution in [3.05, 3.63) is 29.8 Å². The van der Waals surface area contributed by atoms with Gasteiger partial charge >= 0.3 is 0 Å². The number of nitrogens with one attached hydrogen (secondary N) is 2. The first kappa shape index (κ1) is 15.0. The number of hydrogen-bond acceptors (Lipinski definition) is 4. The van der Waals surface area contributed by atoms with Crippen molar-refractivity contribution in [2.75, 3.05) is 25.1 Å². The fourth-order valence-electron chi connectivity index (χ4n) is 1.89. The minimum atomic E-state index is -0.508. The van der Waals surface area contributed by atoms with Crippen LogP contribution in [0.2, 0.25) is 0 Å². The Morgan fingerprint density at radius 2 is 2.05 bits per heavy atom. The maximum absolute atomic E-state index is 11.9. The summed E-state index contributed by atoms with van der Waals surface area (Å²) in [5, 5.41) is 6.19. The predicted molar refractivity (Wildman–Crippen MR) is 77.6 cm³/mol. The van der Waals surface area contributed by atoms with Crippen LogP contribution < -0.4 is 10.6 Å². The van der Waals surface area contributed by atoms with E-state index in [1.165, 1.54) is 5.56 Å². The summed E-state index contributed by atoms with van der Waals surface area (Å²) < 4.78 is 10.6. The topological polar surface area (TPSA) is 59.6 Å². The molecule has 0 bridgehead atoms. The van der Waals surface area contributed by atoms with Crippen molar-refractivity contribution in [1.29, 1.82) is 0 Å². The van der Waals surface area contributed by atoms with Crippen molar-refractivity contribution in [2.24, 2.45) is 0 Å². The second-order valence-corrected chi connectivity index (χ2v) is 5.16. The van der Waals surface area contributed by atoms with Gasteiger partial charge in [0, 0.05) is 18.3 Å². The van der Waals surface area contributed by atoms with Crippen LogP contribution in [-0.4, -0.2) is 37.9 Å². The smallest absolute Gasteiger partial charge is 0.255 e. The lowest BCUT2D eigenvalue weighted by Gasteiger charge is -2.22. The molecule has 0 spiro atoms. The Morgan fingerprint density at radius 1 is 1.30 bits per heavy atom. The van der Waals surface area contributed by atoms with Crippen molar-refractivity contribution < 1.29 is 14.3 Å². The summed E-state index contributed by atoms with van der Waals surface area (Å²) >= 11 is 0. The molecular formula is C15H22N2O3. The van der Waals surface area contributed by atoms with Crippen LogP contribution in [0.25, 0.3) is 0 Å². The monoisotopic (exact) mass is 278 g/mol. The third kappa shape index (κ3) is 4.59. The molecule has 1 saturated heterocycles. The molecule has 0 saturated carbocycles. The van der Waals surface area contributed by atoms with Crippen molar-refractivity contribution in [3.63, 3.8) is 0 Å². The Morgan fingerprint density at radius 3 is 2.65 bits per heavy atom. The van der Waals surface area contributed by atoms with Gasteiger partial charge in [-0.3, -0.25) is 4.79 Å². The quantitative estimate of drug-likeness (QED) is 0.857. The van der Waals surface area contributed by atoms with Gasteiger partial charge in [-0.15, -0.1) is 0 Å². The Balaban J connectivity index is 1.84. The Labute approximate surface area is 119 Å². The molecule has 5 heteroatoms. The van der Waals surface area contributed by atoms with Crippen molar-refractivity contribution in [3.8, 4) is 0 Å². The molecule has 1 heterocycles. The lowest BCUT2D eigenvalue weighted by molar-refractivity contribution is -0.142. The standard InChI is InChI=1S/C15H22N2O3/c1-11(2)16-9-12-3-5-13(6-4-12)17-15(18)14-10-19-7-8-20-14/h3-6,11,14,16H,7-10H2,1-2H3,(H,17,18). The van der Waals surface area contributed by atoms with Crippen molar-refractivity contribution in [1.82, 2.24) is 5.32 Å². The molecule has 0 aromatic heterocycles. The van der Waals surface area contributed by atoms with Gasteiger partial charge in [0.15, 0.2) is 6.10 Å². The summed E-state index contributed by atoms with van der Waals surface area (Å²) in [7, 11) is 0. The van der Waals surface area contributed by atoms with Crippen LogP contribution in [0.1, 0.15) is 19.4 Å². The maximum atomic E-state index is 11.9. The zero-order chi connectivity index (χ0) is 14.4. The van der Waals surface area contributed by atoms with Crippen LogP contribution in [0.15, 0.2) is 24.3 Å². The molecule has 110 valence electrons. The van der Waals surface area contributed by atoms with E-state index >= 15 is 0 Å². The molecule has 2 rings (SSSR count). The zero-order valence-electron chi connectivity index (χ0n) is 12.0. The van der Waals surface area contributed by atoms with E-state index in [9.17, 15) is 4.79 Å². The number of benzene rings is 1. The van der Waals surface area contributed by atoms with Gasteiger partial charge < -0.3 is 20.1 Å². The molecule has 1 fully saturated rings. The number of carbonyl (C=O) groups is 1. The van der Waals surface area contributed by atoms with Gasteiger partial charge in [-0.2, -0.15) is 0 Å². The van der Waals surface area contributed by atoms with Gasteiger partial charge in [-0.25, -0.2) is 0 Å². The second-order valence-electron chi connectivity index (χ2n) is 5.16. The molecule has 20 heavy (non-hydrogen) atoms. The van der Waals surface area contributed by atoms with E-state index in [-0.39, 0.29) is 5.91 Å². The van der Waals surface area contributed by atoms with Gasteiger partial charge in [0.1, 0.15) is 0 Å². The van der Waals surface area contributed by atoms with E-state index in [0.29, 0.717) is 25.9 Å². The maximum Gasteiger partial charge on any atom is 0.255 e. The Hall–Kier alpha value is -1.43. The SMILES string of the molecule is CC(C)NCc1ccc(NC(=O)C2COCCO2)cc1. The highest BCUT2D eigenvalue weighted by atomic mass is 16.6. The first-order valence-electron chi connectivity index (χ1n) is 6.97. The molecule has 1 aliphatic heterocycles. The van der Waals surface area contributed by atoms with Crippen LogP contribution in [0.3, 0.4) is 0 Å². The number of carbonyl (C=O) groups excluding carboxylic acids is 1.